The van der Waals surface area contributed by atoms with Crippen LogP contribution in [0.15, 0.2) is 52.9 Å². The van der Waals surface area contributed by atoms with E-state index in [0.717, 1.165) is 11.1 Å². The van der Waals surface area contributed by atoms with Gasteiger partial charge in [0.2, 0.25) is 0 Å². The summed E-state index contributed by atoms with van der Waals surface area (Å²) in [6.45, 7) is 4.01. The van der Waals surface area contributed by atoms with Crippen molar-refractivity contribution in [3.8, 4) is 22.6 Å². The zero-order valence-corrected chi connectivity index (χ0v) is 15.9. The van der Waals surface area contributed by atoms with E-state index in [4.69, 9.17) is 18.6 Å². The van der Waals surface area contributed by atoms with Crippen molar-refractivity contribution in [3.05, 3.63) is 71.2 Å². The Bertz CT molecular complexity index is 941. The van der Waals surface area contributed by atoms with Crippen molar-refractivity contribution >= 4 is 5.97 Å². The maximum atomic E-state index is 12.2. The van der Waals surface area contributed by atoms with E-state index < -0.39 is 5.97 Å². The van der Waals surface area contributed by atoms with E-state index in [1.807, 2.05) is 55.5 Å². The minimum absolute atomic E-state index is 0.426. The fraction of sp³-hybridized carbons (Fsp3) is 0.227. The minimum Gasteiger partial charge on any atom is -0.493 e. The summed E-state index contributed by atoms with van der Waals surface area (Å²) in [6.07, 6.45) is 0. The summed E-state index contributed by atoms with van der Waals surface area (Å²) < 4.78 is 22.0. The molecule has 140 valence electrons. The number of hydrogen-bond donors (Lipinski definition) is 0. The molecule has 2 aromatic carbocycles. The Kier molecular flexibility index (Phi) is 5.50. The van der Waals surface area contributed by atoms with Crippen LogP contribution in [0.5, 0.6) is 11.5 Å². The molecule has 27 heavy (non-hydrogen) atoms. The Morgan fingerprint density at radius 3 is 2.37 bits per heavy atom. The lowest BCUT2D eigenvalue weighted by molar-refractivity contribution is 0.0599. The molecule has 0 atom stereocenters. The van der Waals surface area contributed by atoms with Crippen LogP contribution in [0.3, 0.4) is 0 Å². The van der Waals surface area contributed by atoms with Crippen LogP contribution in [-0.2, 0) is 11.3 Å². The van der Waals surface area contributed by atoms with Crippen molar-refractivity contribution in [2.75, 3.05) is 14.2 Å². The molecular formula is C22H22O5. The summed E-state index contributed by atoms with van der Waals surface area (Å²) >= 11 is 0. The number of furan rings is 1. The lowest BCUT2D eigenvalue weighted by Gasteiger charge is -2.13. The summed E-state index contributed by atoms with van der Waals surface area (Å²) in [5.41, 5.74) is 2.99. The van der Waals surface area contributed by atoms with Gasteiger partial charge in [-0.1, -0.05) is 36.4 Å². The molecule has 0 unspecified atom stereocenters. The maximum Gasteiger partial charge on any atom is 0.342 e. The molecule has 0 aliphatic carbocycles. The van der Waals surface area contributed by atoms with Gasteiger partial charge in [0.25, 0.3) is 0 Å². The van der Waals surface area contributed by atoms with E-state index in [1.165, 1.54) is 7.11 Å². The highest BCUT2D eigenvalue weighted by molar-refractivity contribution is 5.99. The number of carbonyl (C=O) groups excluding carboxylic acids is 1. The Morgan fingerprint density at radius 1 is 0.963 bits per heavy atom. The number of aryl methyl sites for hydroxylation is 2. The molecule has 0 bridgehead atoms. The second kappa shape index (κ2) is 7.99. The zero-order chi connectivity index (χ0) is 19.4. The molecule has 0 saturated heterocycles. The van der Waals surface area contributed by atoms with E-state index >= 15 is 0 Å². The summed E-state index contributed by atoms with van der Waals surface area (Å²) in [5.74, 6) is 1.95. The van der Waals surface area contributed by atoms with Crippen LogP contribution >= 0.6 is 0 Å². The van der Waals surface area contributed by atoms with E-state index in [2.05, 4.69) is 0 Å². The van der Waals surface area contributed by atoms with E-state index in [1.54, 1.807) is 14.0 Å². The normalized spacial score (nSPS) is 10.5. The first kappa shape index (κ1) is 18.6. The predicted molar refractivity (Wildman–Crippen MR) is 102 cm³/mol. The third kappa shape index (κ3) is 3.82. The SMILES string of the molecule is COC(=O)c1c(C)oc(C)c1-c1ccc(OCc2ccccc2)c(OC)c1. The van der Waals surface area contributed by atoms with Gasteiger partial charge in [-0.2, -0.15) is 0 Å². The number of ether oxygens (including phenoxy) is 3. The molecule has 0 saturated carbocycles. The Morgan fingerprint density at radius 2 is 1.70 bits per heavy atom. The molecule has 0 fully saturated rings. The summed E-state index contributed by atoms with van der Waals surface area (Å²) in [6, 6.07) is 15.5. The fourth-order valence-electron chi connectivity index (χ4n) is 3.06. The Hall–Kier alpha value is -3.21. The van der Waals surface area contributed by atoms with Gasteiger partial charge in [-0.25, -0.2) is 4.79 Å². The molecule has 1 aromatic heterocycles. The van der Waals surface area contributed by atoms with Crippen LogP contribution in [0.4, 0.5) is 0 Å². The van der Waals surface area contributed by atoms with Crippen LogP contribution in [0.1, 0.15) is 27.4 Å². The summed E-state index contributed by atoms with van der Waals surface area (Å²) in [4.78, 5) is 12.2. The molecule has 3 aromatic rings. The van der Waals surface area contributed by atoms with Crippen LogP contribution in [0, 0.1) is 13.8 Å². The topological polar surface area (TPSA) is 57.9 Å². The van der Waals surface area contributed by atoms with Gasteiger partial charge in [-0.3, -0.25) is 0 Å². The average molecular weight is 366 g/mol. The number of rotatable bonds is 6. The van der Waals surface area contributed by atoms with Crippen LogP contribution in [0.25, 0.3) is 11.1 Å². The van der Waals surface area contributed by atoms with Crippen LogP contribution < -0.4 is 9.47 Å². The molecule has 0 radical (unpaired) electrons. The standard InChI is InChI=1S/C22H22O5/c1-14-20(21(15(2)27-14)22(23)25-4)17-10-11-18(19(12-17)24-3)26-13-16-8-6-5-7-9-16/h5-12H,13H2,1-4H3. The highest BCUT2D eigenvalue weighted by Gasteiger charge is 2.24. The smallest absolute Gasteiger partial charge is 0.342 e. The zero-order valence-electron chi connectivity index (χ0n) is 15.9. The van der Waals surface area contributed by atoms with Gasteiger partial charge in [0.15, 0.2) is 11.5 Å². The number of carbonyl (C=O) groups is 1. The van der Waals surface area contributed by atoms with Gasteiger partial charge < -0.3 is 18.6 Å². The van der Waals surface area contributed by atoms with Gasteiger partial charge >= 0.3 is 5.97 Å². The molecule has 3 rings (SSSR count). The van der Waals surface area contributed by atoms with Gasteiger partial charge in [0.05, 0.1) is 14.2 Å². The van der Waals surface area contributed by atoms with Gasteiger partial charge in [0, 0.05) is 5.56 Å². The largest absolute Gasteiger partial charge is 0.493 e. The first-order chi connectivity index (χ1) is 13.0. The lowest BCUT2D eigenvalue weighted by atomic mass is 10.00. The van der Waals surface area contributed by atoms with Crippen molar-refractivity contribution < 1.29 is 23.4 Å². The highest BCUT2D eigenvalue weighted by atomic mass is 16.5. The Labute approximate surface area is 158 Å². The first-order valence-electron chi connectivity index (χ1n) is 8.58. The molecule has 5 heteroatoms. The van der Waals surface area contributed by atoms with E-state index in [9.17, 15) is 4.79 Å². The quantitative estimate of drug-likeness (QED) is 0.579. The third-order valence-corrected chi connectivity index (χ3v) is 4.34. The summed E-state index contributed by atoms with van der Waals surface area (Å²) in [5, 5.41) is 0. The van der Waals surface area contributed by atoms with Crippen molar-refractivity contribution in [2.45, 2.75) is 20.5 Å². The molecule has 1 heterocycles. The number of methoxy groups -OCH3 is 2. The fourth-order valence-corrected chi connectivity index (χ4v) is 3.06. The molecule has 0 aliphatic rings. The number of esters is 1. The van der Waals surface area contributed by atoms with Crippen molar-refractivity contribution in [2.24, 2.45) is 0 Å². The van der Waals surface area contributed by atoms with Crippen LogP contribution in [-0.4, -0.2) is 20.2 Å². The average Bonchev–Trinajstić information content (AvgIpc) is 3.00. The third-order valence-electron chi connectivity index (χ3n) is 4.34. The molecule has 0 aliphatic heterocycles. The number of hydrogen-bond acceptors (Lipinski definition) is 5. The Balaban J connectivity index is 1.94. The van der Waals surface area contributed by atoms with Gasteiger partial charge in [0.1, 0.15) is 23.7 Å². The van der Waals surface area contributed by atoms with Crippen LogP contribution in [0.2, 0.25) is 0 Å². The lowest BCUT2D eigenvalue weighted by Crippen LogP contribution is -2.04. The molecule has 5 nitrogen and oxygen atoms in total. The molecule has 0 spiro atoms. The van der Waals surface area contributed by atoms with E-state index in [-0.39, 0.29) is 0 Å². The van der Waals surface area contributed by atoms with Gasteiger partial charge in [-0.15, -0.1) is 0 Å². The second-order valence-corrected chi connectivity index (χ2v) is 6.10. The molecule has 0 amide bonds. The van der Waals surface area contributed by atoms with Crippen molar-refractivity contribution in [3.63, 3.8) is 0 Å². The predicted octanol–water partition coefficient (Wildman–Crippen LogP) is 4.94. The molecular weight excluding hydrogens is 344 g/mol. The van der Waals surface area contributed by atoms with Crippen molar-refractivity contribution in [1.29, 1.82) is 0 Å². The first-order valence-corrected chi connectivity index (χ1v) is 8.58. The van der Waals surface area contributed by atoms with E-state index in [0.29, 0.717) is 40.8 Å². The second-order valence-electron chi connectivity index (χ2n) is 6.10. The highest BCUT2D eigenvalue weighted by Crippen LogP contribution is 2.38. The molecule has 0 N–H and O–H groups in total. The monoisotopic (exact) mass is 366 g/mol. The van der Waals surface area contributed by atoms with Crippen molar-refractivity contribution in [1.82, 2.24) is 0 Å². The maximum absolute atomic E-state index is 12.2. The summed E-state index contributed by atoms with van der Waals surface area (Å²) in [7, 11) is 2.94. The van der Waals surface area contributed by atoms with Gasteiger partial charge in [-0.05, 0) is 37.1 Å². The minimum atomic E-state index is -0.428. The number of benzene rings is 2.